The first-order valence-electron chi connectivity index (χ1n) is 8.90. The van der Waals surface area contributed by atoms with Gasteiger partial charge in [-0.05, 0) is 45.4 Å². The summed E-state index contributed by atoms with van der Waals surface area (Å²) in [5.41, 5.74) is -2.35. The van der Waals surface area contributed by atoms with Crippen molar-refractivity contribution < 1.29 is 31.7 Å². The molecule has 1 aromatic rings. The Hall–Kier alpha value is -2.46. The molecule has 0 N–H and O–H groups in total. The second kappa shape index (κ2) is 6.53. The zero-order chi connectivity index (χ0) is 20.5. The van der Waals surface area contributed by atoms with E-state index in [4.69, 9.17) is 8.92 Å². The zero-order valence-corrected chi connectivity index (χ0v) is 16.5. The zero-order valence-electron chi connectivity index (χ0n) is 15.7. The van der Waals surface area contributed by atoms with E-state index >= 15 is 0 Å². The van der Waals surface area contributed by atoms with E-state index in [0.29, 0.717) is 6.42 Å². The molecule has 1 fully saturated rings. The van der Waals surface area contributed by atoms with E-state index in [1.807, 2.05) is 0 Å². The minimum atomic E-state index is -4.28. The van der Waals surface area contributed by atoms with Crippen molar-refractivity contribution in [1.82, 2.24) is 9.80 Å². The summed E-state index contributed by atoms with van der Waals surface area (Å²) in [6.07, 6.45) is -0.179. The van der Waals surface area contributed by atoms with Crippen molar-refractivity contribution in [3.8, 4) is 0 Å². The number of nitrogens with zero attached hydrogens (tertiary/aromatic N) is 2. The third kappa shape index (κ3) is 3.29. The van der Waals surface area contributed by atoms with E-state index in [2.05, 4.69) is 0 Å². The van der Waals surface area contributed by atoms with Gasteiger partial charge in [0.25, 0.3) is 21.9 Å². The Balaban J connectivity index is 0.00000240. The molecule has 1 aromatic carbocycles. The number of carbonyl (C=O) groups is 3. The molecular weight excluding hydrogens is 400 g/mol. The highest BCUT2D eigenvalue weighted by Gasteiger charge is 2.54. The van der Waals surface area contributed by atoms with Gasteiger partial charge in [-0.15, -0.1) is 0 Å². The van der Waals surface area contributed by atoms with Gasteiger partial charge in [-0.3, -0.25) is 19.4 Å². The van der Waals surface area contributed by atoms with Crippen LogP contribution < -0.4 is 0 Å². The lowest BCUT2D eigenvalue weighted by Crippen LogP contribution is -2.58. The molecule has 4 rings (SSSR count). The lowest BCUT2D eigenvalue weighted by molar-refractivity contribution is -0.0714. The monoisotopic (exact) mass is 424 g/mol. The summed E-state index contributed by atoms with van der Waals surface area (Å²) < 4.78 is 36.7. The minimum absolute atomic E-state index is 0. The summed E-state index contributed by atoms with van der Waals surface area (Å²) in [7, 11) is -4.28. The Morgan fingerprint density at radius 2 is 1.83 bits per heavy atom. The van der Waals surface area contributed by atoms with Gasteiger partial charge in [-0.2, -0.15) is 8.42 Å². The van der Waals surface area contributed by atoms with Crippen LogP contribution in [0.15, 0.2) is 23.1 Å². The van der Waals surface area contributed by atoms with Gasteiger partial charge in [0, 0.05) is 13.0 Å². The van der Waals surface area contributed by atoms with Crippen LogP contribution in [0, 0.1) is 0 Å². The summed E-state index contributed by atoms with van der Waals surface area (Å²) in [5.74, 6) is -1.14. The Labute approximate surface area is 169 Å². The van der Waals surface area contributed by atoms with Gasteiger partial charge < -0.3 is 4.74 Å². The van der Waals surface area contributed by atoms with Crippen LogP contribution in [0.25, 0.3) is 0 Å². The largest absolute Gasteiger partial charge is 0.444 e. The fourth-order valence-electron chi connectivity index (χ4n) is 3.77. The SMILES string of the molecule is C.CC(C)(C)OC(=O)N1CCC[C@]12CN1C(=O)c3ccc(cc3C1=O)S(=O)(=O)O2. The molecule has 1 spiro atoms. The third-order valence-electron chi connectivity index (χ3n) is 4.96. The van der Waals surface area contributed by atoms with Crippen molar-refractivity contribution >= 4 is 28.0 Å². The van der Waals surface area contributed by atoms with Crippen LogP contribution >= 0.6 is 0 Å². The molecule has 29 heavy (non-hydrogen) atoms. The average molecular weight is 424 g/mol. The van der Waals surface area contributed by atoms with Crippen molar-refractivity contribution in [3.05, 3.63) is 29.3 Å². The van der Waals surface area contributed by atoms with Crippen LogP contribution in [0.1, 0.15) is 61.8 Å². The first-order chi connectivity index (χ1) is 12.9. The van der Waals surface area contributed by atoms with Crippen LogP contribution in [0.5, 0.6) is 0 Å². The van der Waals surface area contributed by atoms with Crippen molar-refractivity contribution in [3.63, 3.8) is 0 Å². The van der Waals surface area contributed by atoms with Gasteiger partial charge in [-0.25, -0.2) is 8.98 Å². The van der Waals surface area contributed by atoms with E-state index in [9.17, 15) is 22.8 Å². The Morgan fingerprint density at radius 1 is 1.17 bits per heavy atom. The molecule has 9 nitrogen and oxygen atoms in total. The second-order valence-electron chi connectivity index (χ2n) is 8.12. The third-order valence-corrected chi connectivity index (χ3v) is 6.32. The molecule has 0 radical (unpaired) electrons. The van der Waals surface area contributed by atoms with Gasteiger partial charge >= 0.3 is 6.09 Å². The van der Waals surface area contributed by atoms with Crippen molar-refractivity contribution in [2.45, 2.75) is 57.3 Å². The molecule has 3 aliphatic heterocycles. The average Bonchev–Trinajstić information content (AvgIpc) is 3.08. The van der Waals surface area contributed by atoms with Crippen LogP contribution in [0.2, 0.25) is 0 Å². The van der Waals surface area contributed by atoms with Gasteiger partial charge in [0.2, 0.25) is 0 Å². The fourth-order valence-corrected chi connectivity index (χ4v) is 5.00. The Morgan fingerprint density at radius 3 is 2.48 bits per heavy atom. The normalized spacial score (nSPS) is 24.9. The van der Waals surface area contributed by atoms with Crippen molar-refractivity contribution in [2.24, 2.45) is 0 Å². The predicted octanol–water partition coefficient (Wildman–Crippen LogP) is 2.36. The summed E-state index contributed by atoms with van der Waals surface area (Å²) in [6.45, 7) is 4.87. The molecule has 0 saturated carbocycles. The number of imide groups is 1. The van der Waals surface area contributed by atoms with Gasteiger partial charge in [0.1, 0.15) is 5.60 Å². The molecule has 3 amide bonds. The van der Waals surface area contributed by atoms with Crippen LogP contribution in [0.3, 0.4) is 0 Å². The first kappa shape index (κ1) is 21.3. The Kier molecular flexibility index (Phi) is 4.78. The molecule has 0 unspecified atom stereocenters. The smallest absolute Gasteiger partial charge is 0.412 e. The molecule has 10 heteroatoms. The summed E-state index contributed by atoms with van der Waals surface area (Å²) in [5, 5.41) is 0. The van der Waals surface area contributed by atoms with Crippen molar-refractivity contribution in [2.75, 3.05) is 13.1 Å². The number of fused-ring (bicyclic) bond motifs is 2. The lowest BCUT2D eigenvalue weighted by atomic mass is 10.1. The second-order valence-corrected chi connectivity index (χ2v) is 9.67. The number of hydrogen-bond donors (Lipinski definition) is 0. The van der Waals surface area contributed by atoms with Crippen molar-refractivity contribution in [1.29, 1.82) is 0 Å². The van der Waals surface area contributed by atoms with E-state index in [1.54, 1.807) is 20.8 Å². The lowest BCUT2D eigenvalue weighted by Gasteiger charge is -2.39. The topological polar surface area (TPSA) is 110 Å². The number of hydrogen-bond acceptors (Lipinski definition) is 7. The van der Waals surface area contributed by atoms with E-state index in [1.165, 1.54) is 17.0 Å². The molecule has 1 atom stereocenters. The highest BCUT2D eigenvalue weighted by atomic mass is 32.2. The van der Waals surface area contributed by atoms with E-state index < -0.39 is 39.4 Å². The number of ether oxygens (including phenoxy) is 1. The number of rotatable bonds is 0. The molecule has 0 aromatic heterocycles. The molecule has 1 saturated heterocycles. The quantitative estimate of drug-likeness (QED) is 0.464. The minimum Gasteiger partial charge on any atom is -0.444 e. The maximum Gasteiger partial charge on any atom is 0.412 e. The predicted molar refractivity (Wildman–Crippen MR) is 102 cm³/mol. The number of likely N-dealkylation sites (tertiary alicyclic amines) is 1. The summed E-state index contributed by atoms with van der Waals surface area (Å²) in [6, 6.07) is 3.69. The van der Waals surface area contributed by atoms with E-state index in [0.717, 1.165) is 11.0 Å². The Bertz CT molecular complexity index is 1010. The van der Waals surface area contributed by atoms with Crippen LogP contribution in [0.4, 0.5) is 4.79 Å². The van der Waals surface area contributed by atoms with Gasteiger partial charge in [-0.1, -0.05) is 7.43 Å². The number of amides is 3. The highest BCUT2D eigenvalue weighted by Crippen LogP contribution is 2.40. The maximum atomic E-state index is 12.9. The molecule has 158 valence electrons. The molecular formula is C19H24N2O7S. The van der Waals surface area contributed by atoms with Crippen LogP contribution in [-0.4, -0.2) is 60.5 Å². The molecule has 3 heterocycles. The number of benzene rings is 1. The molecule has 3 aliphatic rings. The van der Waals surface area contributed by atoms with Gasteiger partial charge in [0.05, 0.1) is 22.6 Å². The standard InChI is InChI=1S/C18H20N2O7S.CH4/c1-17(2,3)26-16(23)20-8-4-7-18(20)10-19-14(21)12-6-5-11(28(24,25)27-18)9-13(12)15(19)22;/h5-6,9H,4,7-8,10H2,1-3H3;1H4/t18-;/m0./s1. The summed E-state index contributed by atoms with van der Waals surface area (Å²) >= 11 is 0. The highest BCUT2D eigenvalue weighted by molar-refractivity contribution is 7.86. The maximum absolute atomic E-state index is 12.9. The fraction of sp³-hybridized carbons (Fsp3) is 0.526. The number of carbonyl (C=O) groups excluding carboxylic acids is 3. The molecule has 3 bridgehead atoms. The molecule has 0 aliphatic carbocycles. The van der Waals surface area contributed by atoms with Gasteiger partial charge in [0.15, 0.2) is 5.72 Å². The van der Waals surface area contributed by atoms with Crippen LogP contribution in [-0.2, 0) is 19.0 Å². The first-order valence-corrected chi connectivity index (χ1v) is 10.3. The summed E-state index contributed by atoms with van der Waals surface area (Å²) in [4.78, 5) is 40.1. The van der Waals surface area contributed by atoms with E-state index in [-0.39, 0.29) is 43.0 Å².